The lowest BCUT2D eigenvalue weighted by Gasteiger charge is -2.08. The molecule has 0 atom stereocenters. The largest absolute Gasteiger partial charge is 0.492 e. The van der Waals surface area contributed by atoms with Crippen molar-refractivity contribution >= 4 is 17.6 Å². The average Bonchev–Trinajstić information content (AvgIpc) is 2.32. The number of halogens is 1. The lowest BCUT2D eigenvalue weighted by atomic mass is 10.3. The van der Waals surface area contributed by atoms with Crippen molar-refractivity contribution in [3.63, 3.8) is 0 Å². The van der Waals surface area contributed by atoms with Crippen LogP contribution >= 0.6 is 11.6 Å². The van der Waals surface area contributed by atoms with Crippen LogP contribution < -0.4 is 15.4 Å². The molecule has 0 radical (unpaired) electrons. The zero-order valence-corrected chi connectivity index (χ0v) is 10.2. The van der Waals surface area contributed by atoms with Gasteiger partial charge in [0.15, 0.2) is 0 Å². The second-order valence-corrected chi connectivity index (χ2v) is 3.67. The quantitative estimate of drug-likeness (QED) is 0.604. The molecule has 0 aliphatic heterocycles. The summed E-state index contributed by atoms with van der Waals surface area (Å²) in [6, 6.07) is 6.87. The van der Waals surface area contributed by atoms with Crippen LogP contribution in [-0.2, 0) is 0 Å². The summed E-state index contributed by atoms with van der Waals surface area (Å²) in [6.07, 6.45) is 1.61. The molecule has 0 spiro atoms. The number of benzene rings is 1. The van der Waals surface area contributed by atoms with Crippen LogP contribution in [0.1, 0.15) is 0 Å². The molecule has 0 bridgehead atoms. The molecule has 0 aliphatic rings. The van der Waals surface area contributed by atoms with Gasteiger partial charge >= 0.3 is 6.03 Å². The Morgan fingerprint density at radius 1 is 1.47 bits per heavy atom. The summed E-state index contributed by atoms with van der Waals surface area (Å²) in [6.45, 7) is 4.76. The first-order valence-electron chi connectivity index (χ1n) is 5.23. The zero-order valence-electron chi connectivity index (χ0n) is 9.41. The third kappa shape index (κ3) is 5.82. The highest BCUT2D eigenvalue weighted by Gasteiger charge is 1.98. The van der Waals surface area contributed by atoms with Crippen molar-refractivity contribution in [1.29, 1.82) is 0 Å². The van der Waals surface area contributed by atoms with E-state index in [0.717, 1.165) is 0 Å². The van der Waals surface area contributed by atoms with Gasteiger partial charge < -0.3 is 15.4 Å². The maximum absolute atomic E-state index is 11.1. The summed E-state index contributed by atoms with van der Waals surface area (Å²) >= 11 is 5.80. The van der Waals surface area contributed by atoms with Crippen molar-refractivity contribution in [1.82, 2.24) is 10.6 Å². The van der Waals surface area contributed by atoms with E-state index in [2.05, 4.69) is 17.2 Å². The van der Waals surface area contributed by atoms with Crippen molar-refractivity contribution in [3.8, 4) is 5.75 Å². The van der Waals surface area contributed by atoms with Crippen molar-refractivity contribution in [2.75, 3.05) is 19.7 Å². The van der Waals surface area contributed by atoms with E-state index in [1.165, 1.54) is 0 Å². The fourth-order valence-corrected chi connectivity index (χ4v) is 1.30. The minimum atomic E-state index is -0.236. The van der Waals surface area contributed by atoms with E-state index in [-0.39, 0.29) is 6.03 Å². The van der Waals surface area contributed by atoms with Gasteiger partial charge in [-0.25, -0.2) is 4.79 Å². The highest BCUT2D eigenvalue weighted by molar-refractivity contribution is 6.30. The summed E-state index contributed by atoms with van der Waals surface area (Å²) in [5.74, 6) is 0.686. The maximum Gasteiger partial charge on any atom is 0.315 e. The van der Waals surface area contributed by atoms with Gasteiger partial charge in [-0.3, -0.25) is 0 Å². The van der Waals surface area contributed by atoms with Gasteiger partial charge in [-0.1, -0.05) is 23.7 Å². The Kier molecular flexibility index (Phi) is 5.96. The topological polar surface area (TPSA) is 50.4 Å². The van der Waals surface area contributed by atoms with Gasteiger partial charge in [-0.15, -0.1) is 6.58 Å². The van der Waals surface area contributed by atoms with Gasteiger partial charge in [0.25, 0.3) is 0 Å². The minimum absolute atomic E-state index is 0.236. The number of hydrogen-bond acceptors (Lipinski definition) is 2. The molecule has 0 aromatic heterocycles. The maximum atomic E-state index is 11.1. The number of amides is 2. The van der Waals surface area contributed by atoms with Crippen LogP contribution in [0.2, 0.25) is 5.02 Å². The number of carbonyl (C=O) groups excluding carboxylic acids is 1. The van der Waals surface area contributed by atoms with Gasteiger partial charge in [-0.2, -0.15) is 0 Å². The summed E-state index contributed by atoms with van der Waals surface area (Å²) < 4.78 is 5.39. The first-order valence-corrected chi connectivity index (χ1v) is 5.61. The Balaban J connectivity index is 2.16. The predicted octanol–water partition coefficient (Wildman–Crippen LogP) is 2.20. The van der Waals surface area contributed by atoms with Crippen LogP contribution in [0.25, 0.3) is 0 Å². The first-order chi connectivity index (χ1) is 8.22. The molecule has 92 valence electrons. The zero-order chi connectivity index (χ0) is 12.5. The molecular formula is C12H15ClN2O2. The minimum Gasteiger partial charge on any atom is -0.492 e. The Labute approximate surface area is 106 Å². The average molecular weight is 255 g/mol. The monoisotopic (exact) mass is 254 g/mol. The molecular weight excluding hydrogens is 240 g/mol. The SMILES string of the molecule is C=CCNC(=O)NCCOc1cccc(Cl)c1. The number of carbonyl (C=O) groups is 1. The van der Waals surface area contributed by atoms with E-state index in [4.69, 9.17) is 16.3 Å². The standard InChI is InChI=1S/C12H15ClN2O2/c1-2-6-14-12(16)15-7-8-17-11-5-3-4-10(13)9-11/h2-5,9H,1,6-8H2,(H2,14,15,16). The predicted molar refractivity (Wildman–Crippen MR) is 68.5 cm³/mol. The number of ether oxygens (including phenoxy) is 1. The summed E-state index contributed by atoms with van der Waals surface area (Å²) in [4.78, 5) is 11.1. The van der Waals surface area contributed by atoms with E-state index in [1.807, 2.05) is 12.1 Å². The van der Waals surface area contributed by atoms with Crippen molar-refractivity contribution < 1.29 is 9.53 Å². The van der Waals surface area contributed by atoms with E-state index in [1.54, 1.807) is 18.2 Å². The van der Waals surface area contributed by atoms with Crippen molar-refractivity contribution in [2.24, 2.45) is 0 Å². The third-order valence-electron chi connectivity index (χ3n) is 1.86. The molecule has 0 unspecified atom stereocenters. The number of nitrogens with one attached hydrogen (secondary N) is 2. The normalized spacial score (nSPS) is 9.47. The molecule has 2 amide bonds. The summed E-state index contributed by atoms with van der Waals surface area (Å²) in [5, 5.41) is 5.87. The fraction of sp³-hybridized carbons (Fsp3) is 0.250. The third-order valence-corrected chi connectivity index (χ3v) is 2.09. The van der Waals surface area contributed by atoms with Gasteiger partial charge in [0, 0.05) is 11.6 Å². The Hall–Kier alpha value is -1.68. The van der Waals surface area contributed by atoms with Gasteiger partial charge in [0.2, 0.25) is 0 Å². The van der Waals surface area contributed by atoms with Crippen LogP contribution in [0, 0.1) is 0 Å². The van der Waals surface area contributed by atoms with Crippen LogP contribution in [0.5, 0.6) is 5.75 Å². The molecule has 0 heterocycles. The Bertz CT molecular complexity index is 383. The second kappa shape index (κ2) is 7.57. The molecule has 2 N–H and O–H groups in total. The summed E-state index contributed by atoms with van der Waals surface area (Å²) in [7, 11) is 0. The molecule has 0 aliphatic carbocycles. The highest BCUT2D eigenvalue weighted by atomic mass is 35.5. The van der Waals surface area contributed by atoms with Crippen LogP contribution in [-0.4, -0.2) is 25.7 Å². The van der Waals surface area contributed by atoms with E-state index in [9.17, 15) is 4.79 Å². The lowest BCUT2D eigenvalue weighted by molar-refractivity contribution is 0.237. The molecule has 1 aromatic carbocycles. The van der Waals surface area contributed by atoms with Crippen LogP contribution in [0.15, 0.2) is 36.9 Å². The summed E-state index contributed by atoms with van der Waals surface area (Å²) in [5.41, 5.74) is 0. The number of hydrogen-bond donors (Lipinski definition) is 2. The highest BCUT2D eigenvalue weighted by Crippen LogP contribution is 2.16. The van der Waals surface area contributed by atoms with Crippen LogP contribution in [0.3, 0.4) is 0 Å². The van der Waals surface area contributed by atoms with E-state index >= 15 is 0 Å². The number of urea groups is 1. The van der Waals surface area contributed by atoms with Crippen molar-refractivity contribution in [2.45, 2.75) is 0 Å². The van der Waals surface area contributed by atoms with Gasteiger partial charge in [0.1, 0.15) is 12.4 Å². The van der Waals surface area contributed by atoms with Gasteiger partial charge in [0.05, 0.1) is 6.54 Å². The second-order valence-electron chi connectivity index (χ2n) is 3.23. The van der Waals surface area contributed by atoms with Gasteiger partial charge in [-0.05, 0) is 18.2 Å². The molecule has 0 saturated carbocycles. The molecule has 17 heavy (non-hydrogen) atoms. The molecule has 0 fully saturated rings. The molecule has 4 nitrogen and oxygen atoms in total. The smallest absolute Gasteiger partial charge is 0.315 e. The molecule has 1 aromatic rings. The lowest BCUT2D eigenvalue weighted by Crippen LogP contribution is -2.37. The van der Waals surface area contributed by atoms with E-state index < -0.39 is 0 Å². The Morgan fingerprint density at radius 2 is 2.29 bits per heavy atom. The molecule has 5 heteroatoms. The van der Waals surface area contributed by atoms with Crippen LogP contribution in [0.4, 0.5) is 4.79 Å². The van der Waals surface area contributed by atoms with E-state index in [0.29, 0.717) is 30.5 Å². The Morgan fingerprint density at radius 3 is 3.00 bits per heavy atom. The molecule has 1 rings (SSSR count). The number of rotatable bonds is 6. The first kappa shape index (κ1) is 13.4. The fourth-order valence-electron chi connectivity index (χ4n) is 1.12. The van der Waals surface area contributed by atoms with Crippen molar-refractivity contribution in [3.05, 3.63) is 41.9 Å². The molecule has 0 saturated heterocycles.